The van der Waals surface area contributed by atoms with Crippen LogP contribution in [0.2, 0.25) is 5.02 Å². The molecule has 2 aromatic carbocycles. The number of hydrogen-bond acceptors (Lipinski definition) is 2. The van der Waals surface area contributed by atoms with Gasteiger partial charge in [0, 0.05) is 21.1 Å². The molecule has 3 aromatic rings. The quantitative estimate of drug-likeness (QED) is 0.675. The number of hydrogen-bond donors (Lipinski definition) is 0. The van der Waals surface area contributed by atoms with Crippen molar-refractivity contribution < 1.29 is 8.42 Å². The first-order valence-electron chi connectivity index (χ1n) is 5.77. The molecular formula is C14H9BrClNO2S. The maximum atomic E-state index is 12.7. The van der Waals surface area contributed by atoms with Gasteiger partial charge >= 0.3 is 0 Å². The van der Waals surface area contributed by atoms with Gasteiger partial charge in [0.2, 0.25) is 0 Å². The van der Waals surface area contributed by atoms with Gasteiger partial charge in [-0.15, -0.1) is 0 Å². The molecule has 0 radical (unpaired) electrons. The van der Waals surface area contributed by atoms with Crippen molar-refractivity contribution in [2.75, 3.05) is 0 Å². The fourth-order valence-corrected chi connectivity index (χ4v) is 4.56. The average Bonchev–Trinajstić information content (AvgIpc) is 2.82. The smallest absolute Gasteiger partial charge is 0.241 e. The van der Waals surface area contributed by atoms with Gasteiger partial charge in [-0.05, 0) is 52.3 Å². The third-order valence-corrected chi connectivity index (χ3v) is 5.93. The van der Waals surface area contributed by atoms with Crippen molar-refractivity contribution in [1.82, 2.24) is 3.97 Å². The Labute approximate surface area is 130 Å². The molecule has 20 heavy (non-hydrogen) atoms. The van der Waals surface area contributed by atoms with E-state index in [-0.39, 0.29) is 4.90 Å². The van der Waals surface area contributed by atoms with Crippen LogP contribution >= 0.6 is 27.5 Å². The highest BCUT2D eigenvalue weighted by Gasteiger charge is 2.21. The van der Waals surface area contributed by atoms with Crippen molar-refractivity contribution in [2.24, 2.45) is 0 Å². The molecule has 6 heteroatoms. The van der Waals surface area contributed by atoms with Crippen molar-refractivity contribution >= 4 is 48.5 Å². The molecule has 0 spiro atoms. The van der Waals surface area contributed by atoms with Crippen molar-refractivity contribution in [3.63, 3.8) is 0 Å². The topological polar surface area (TPSA) is 39.1 Å². The molecule has 1 heterocycles. The minimum Gasteiger partial charge on any atom is -0.241 e. The van der Waals surface area contributed by atoms with Crippen LogP contribution in [0.3, 0.4) is 0 Å². The van der Waals surface area contributed by atoms with Crippen molar-refractivity contribution in [3.05, 3.63) is 64.2 Å². The van der Waals surface area contributed by atoms with E-state index in [2.05, 4.69) is 15.9 Å². The fourth-order valence-electron chi connectivity index (χ4n) is 2.06. The molecular weight excluding hydrogens is 362 g/mol. The standard InChI is InChI=1S/C14H9BrClNO2S/c15-12-3-1-2-4-14(12)20(18,19)17-8-7-10-9-11(16)5-6-13(10)17/h1-9H. The lowest BCUT2D eigenvalue weighted by atomic mass is 10.2. The van der Waals surface area contributed by atoms with Gasteiger partial charge in [0.1, 0.15) is 4.90 Å². The molecule has 0 atom stereocenters. The summed E-state index contributed by atoms with van der Waals surface area (Å²) in [5.41, 5.74) is 0.602. The molecule has 3 rings (SSSR count). The monoisotopic (exact) mass is 369 g/mol. The zero-order valence-corrected chi connectivity index (χ0v) is 13.3. The highest BCUT2D eigenvalue weighted by Crippen LogP contribution is 2.28. The zero-order chi connectivity index (χ0) is 14.3. The van der Waals surface area contributed by atoms with E-state index in [1.54, 1.807) is 48.5 Å². The number of fused-ring (bicyclic) bond motifs is 1. The van der Waals surface area contributed by atoms with Crippen molar-refractivity contribution in [1.29, 1.82) is 0 Å². The summed E-state index contributed by atoms with van der Waals surface area (Å²) in [5.74, 6) is 0. The van der Waals surface area contributed by atoms with Gasteiger partial charge in [0.05, 0.1) is 5.52 Å². The van der Waals surface area contributed by atoms with Crippen LogP contribution in [-0.4, -0.2) is 12.4 Å². The summed E-state index contributed by atoms with van der Waals surface area (Å²) in [6, 6.07) is 13.6. The number of nitrogens with zero attached hydrogens (tertiary/aromatic N) is 1. The molecule has 1 aromatic heterocycles. The minimum absolute atomic E-state index is 0.229. The Kier molecular flexibility index (Phi) is 3.36. The number of halogens is 2. The van der Waals surface area contributed by atoms with Crippen LogP contribution in [-0.2, 0) is 10.0 Å². The van der Waals surface area contributed by atoms with E-state index < -0.39 is 10.0 Å². The molecule has 0 aliphatic heterocycles. The van der Waals surface area contributed by atoms with E-state index in [1.807, 2.05) is 0 Å². The highest BCUT2D eigenvalue weighted by atomic mass is 79.9. The van der Waals surface area contributed by atoms with Crippen LogP contribution in [0.1, 0.15) is 0 Å². The zero-order valence-electron chi connectivity index (χ0n) is 10.1. The Morgan fingerprint density at radius 2 is 1.80 bits per heavy atom. The van der Waals surface area contributed by atoms with Gasteiger partial charge in [0.15, 0.2) is 0 Å². The molecule has 0 N–H and O–H groups in total. The second kappa shape index (κ2) is 4.91. The maximum absolute atomic E-state index is 12.7. The lowest BCUT2D eigenvalue weighted by molar-refractivity contribution is 0.588. The first kappa shape index (κ1) is 13.7. The maximum Gasteiger partial charge on any atom is 0.269 e. The minimum atomic E-state index is -3.64. The molecule has 0 unspecified atom stereocenters. The molecule has 0 amide bonds. The van der Waals surface area contributed by atoms with Gasteiger partial charge < -0.3 is 0 Å². The van der Waals surface area contributed by atoms with Gasteiger partial charge in [-0.3, -0.25) is 0 Å². The number of benzene rings is 2. The van der Waals surface area contributed by atoms with E-state index in [0.29, 0.717) is 15.0 Å². The lowest BCUT2D eigenvalue weighted by Gasteiger charge is -2.09. The van der Waals surface area contributed by atoms with Gasteiger partial charge in [-0.1, -0.05) is 23.7 Å². The first-order valence-corrected chi connectivity index (χ1v) is 8.38. The van der Waals surface area contributed by atoms with E-state index in [0.717, 1.165) is 5.39 Å². The van der Waals surface area contributed by atoms with Gasteiger partial charge in [-0.25, -0.2) is 12.4 Å². The van der Waals surface area contributed by atoms with Crippen LogP contribution in [0.15, 0.2) is 64.1 Å². The summed E-state index contributed by atoms with van der Waals surface area (Å²) in [5, 5.41) is 1.36. The van der Waals surface area contributed by atoms with Crippen LogP contribution in [0, 0.1) is 0 Å². The van der Waals surface area contributed by atoms with Gasteiger partial charge in [0.25, 0.3) is 10.0 Å². The second-order valence-corrected chi connectivity index (χ2v) is 7.32. The summed E-state index contributed by atoms with van der Waals surface area (Å²) in [7, 11) is -3.64. The Morgan fingerprint density at radius 1 is 1.05 bits per heavy atom. The first-order chi connectivity index (χ1) is 9.50. The molecule has 0 bridgehead atoms. The predicted octanol–water partition coefficient (Wildman–Crippen LogP) is 4.29. The number of aromatic nitrogens is 1. The van der Waals surface area contributed by atoms with E-state index >= 15 is 0 Å². The van der Waals surface area contributed by atoms with Crippen molar-refractivity contribution in [2.45, 2.75) is 4.90 Å². The third kappa shape index (κ3) is 2.16. The van der Waals surface area contributed by atoms with E-state index in [9.17, 15) is 8.42 Å². The Hall–Kier alpha value is -1.30. The molecule has 0 saturated carbocycles. The van der Waals surface area contributed by atoms with Crippen LogP contribution in [0.25, 0.3) is 10.9 Å². The van der Waals surface area contributed by atoms with E-state index in [4.69, 9.17) is 11.6 Å². The fraction of sp³-hybridized carbons (Fsp3) is 0. The normalized spacial score (nSPS) is 11.9. The Morgan fingerprint density at radius 3 is 2.55 bits per heavy atom. The summed E-state index contributed by atoms with van der Waals surface area (Å²) < 4.78 is 27.2. The summed E-state index contributed by atoms with van der Waals surface area (Å²) in [6.07, 6.45) is 1.54. The van der Waals surface area contributed by atoms with Crippen LogP contribution < -0.4 is 0 Å². The third-order valence-electron chi connectivity index (χ3n) is 2.99. The van der Waals surface area contributed by atoms with Crippen LogP contribution in [0.4, 0.5) is 0 Å². The molecule has 0 aliphatic rings. The molecule has 0 fully saturated rings. The second-order valence-electron chi connectivity index (χ2n) is 4.25. The predicted molar refractivity (Wildman–Crippen MR) is 83.7 cm³/mol. The molecule has 102 valence electrons. The average molecular weight is 371 g/mol. The van der Waals surface area contributed by atoms with Gasteiger partial charge in [-0.2, -0.15) is 0 Å². The molecule has 3 nitrogen and oxygen atoms in total. The summed E-state index contributed by atoms with van der Waals surface area (Å²) in [4.78, 5) is 0.229. The largest absolute Gasteiger partial charge is 0.269 e. The number of rotatable bonds is 2. The summed E-state index contributed by atoms with van der Waals surface area (Å²) in [6.45, 7) is 0. The van der Waals surface area contributed by atoms with Crippen LogP contribution in [0.5, 0.6) is 0 Å². The SMILES string of the molecule is O=S(=O)(c1ccccc1Br)n1ccc2cc(Cl)ccc21. The Balaban J connectivity index is 2.28. The summed E-state index contributed by atoms with van der Waals surface area (Å²) >= 11 is 9.20. The van der Waals surface area contributed by atoms with E-state index in [1.165, 1.54) is 10.2 Å². The van der Waals surface area contributed by atoms with Crippen molar-refractivity contribution in [3.8, 4) is 0 Å². The lowest BCUT2D eigenvalue weighted by Crippen LogP contribution is -2.12. The highest BCUT2D eigenvalue weighted by molar-refractivity contribution is 9.10. The Bertz CT molecular complexity index is 902. The molecule has 0 aliphatic carbocycles. The molecule has 0 saturated heterocycles.